The molecule has 7 heteroatoms. The van der Waals surface area contributed by atoms with Gasteiger partial charge in [-0.05, 0) is 24.6 Å². The predicted octanol–water partition coefficient (Wildman–Crippen LogP) is 1.95. The summed E-state index contributed by atoms with van der Waals surface area (Å²) in [5, 5.41) is 3.89. The van der Waals surface area contributed by atoms with Crippen LogP contribution in [0.25, 0.3) is 0 Å². The van der Waals surface area contributed by atoms with Crippen LogP contribution in [-0.2, 0) is 9.53 Å². The number of carbonyl (C=O) groups excluding carboxylic acids is 1. The number of nitrogens with one attached hydrogen (secondary N) is 1. The van der Waals surface area contributed by atoms with Gasteiger partial charge >= 0.3 is 0 Å². The number of benzene rings is 1. The average molecular weight is 343 g/mol. The molecule has 1 amide bonds. The molecule has 0 bridgehead atoms. The fraction of sp³-hybridized carbons (Fsp3) is 0.333. The molecule has 1 fully saturated rings. The van der Waals surface area contributed by atoms with E-state index < -0.39 is 0 Å². The van der Waals surface area contributed by atoms with Gasteiger partial charge in [-0.15, -0.1) is 0 Å². The standard InChI is InChI=1S/C18H21N3O4/c1-14-4-2-3-5-16(14)24-13-17(22)20-19-12-15-6-7-18(25-15)21-8-10-23-11-9-21/h2-7,12H,8-11,13H2,1H3,(H,20,22)/b19-12+. The first kappa shape index (κ1) is 17.0. The smallest absolute Gasteiger partial charge is 0.277 e. The van der Waals surface area contributed by atoms with E-state index in [-0.39, 0.29) is 12.5 Å². The van der Waals surface area contributed by atoms with Gasteiger partial charge in [0.1, 0.15) is 11.5 Å². The fourth-order valence-corrected chi connectivity index (χ4v) is 2.43. The summed E-state index contributed by atoms with van der Waals surface area (Å²) in [5.41, 5.74) is 3.40. The number of furan rings is 1. The molecule has 1 N–H and O–H groups in total. The van der Waals surface area contributed by atoms with E-state index >= 15 is 0 Å². The lowest BCUT2D eigenvalue weighted by Gasteiger charge is -2.26. The van der Waals surface area contributed by atoms with Gasteiger partial charge in [0.25, 0.3) is 5.91 Å². The Morgan fingerprint density at radius 3 is 2.88 bits per heavy atom. The van der Waals surface area contributed by atoms with Gasteiger partial charge in [0, 0.05) is 19.2 Å². The molecule has 0 aliphatic carbocycles. The van der Waals surface area contributed by atoms with Crippen molar-refractivity contribution in [3.05, 3.63) is 47.7 Å². The van der Waals surface area contributed by atoms with E-state index in [1.54, 1.807) is 0 Å². The number of hydrogen-bond donors (Lipinski definition) is 1. The van der Waals surface area contributed by atoms with E-state index in [1.807, 2.05) is 43.3 Å². The molecule has 0 atom stereocenters. The molecular formula is C18H21N3O4. The molecular weight excluding hydrogens is 322 g/mol. The first-order valence-electron chi connectivity index (χ1n) is 8.15. The number of aryl methyl sites for hydroxylation is 1. The number of hydrogen-bond acceptors (Lipinski definition) is 6. The van der Waals surface area contributed by atoms with Gasteiger partial charge in [0.15, 0.2) is 12.5 Å². The van der Waals surface area contributed by atoms with E-state index in [9.17, 15) is 4.79 Å². The maximum absolute atomic E-state index is 11.8. The van der Waals surface area contributed by atoms with Gasteiger partial charge in [0.2, 0.25) is 0 Å². The summed E-state index contributed by atoms with van der Waals surface area (Å²) in [6.45, 7) is 4.82. The Morgan fingerprint density at radius 2 is 2.08 bits per heavy atom. The zero-order chi connectivity index (χ0) is 17.5. The minimum atomic E-state index is -0.334. The molecule has 2 heterocycles. The minimum absolute atomic E-state index is 0.0978. The maximum atomic E-state index is 11.8. The van der Waals surface area contributed by atoms with Crippen molar-refractivity contribution in [1.82, 2.24) is 5.43 Å². The van der Waals surface area contributed by atoms with Crippen LogP contribution in [0.2, 0.25) is 0 Å². The second-order valence-electron chi connectivity index (χ2n) is 5.62. The molecule has 0 unspecified atom stereocenters. The van der Waals surface area contributed by atoms with Gasteiger partial charge in [-0.2, -0.15) is 5.10 Å². The number of rotatable bonds is 6. The summed E-state index contributed by atoms with van der Waals surface area (Å²) >= 11 is 0. The molecule has 7 nitrogen and oxygen atoms in total. The van der Waals surface area contributed by atoms with Crippen LogP contribution >= 0.6 is 0 Å². The largest absolute Gasteiger partial charge is 0.483 e. The van der Waals surface area contributed by atoms with Gasteiger partial charge in [-0.3, -0.25) is 4.79 Å². The lowest BCUT2D eigenvalue weighted by molar-refractivity contribution is -0.123. The average Bonchev–Trinajstić information content (AvgIpc) is 3.11. The van der Waals surface area contributed by atoms with Gasteiger partial charge in [0.05, 0.1) is 19.4 Å². The summed E-state index contributed by atoms with van der Waals surface area (Å²) in [6, 6.07) is 11.2. The molecule has 0 saturated carbocycles. The Kier molecular flexibility index (Phi) is 5.69. The van der Waals surface area contributed by atoms with E-state index in [1.165, 1.54) is 6.21 Å². The van der Waals surface area contributed by atoms with Crippen LogP contribution in [0.1, 0.15) is 11.3 Å². The van der Waals surface area contributed by atoms with Crippen molar-refractivity contribution >= 4 is 18.0 Å². The maximum Gasteiger partial charge on any atom is 0.277 e. The molecule has 1 aromatic heterocycles. The molecule has 2 aromatic rings. The summed E-state index contributed by atoms with van der Waals surface area (Å²) < 4.78 is 16.5. The predicted molar refractivity (Wildman–Crippen MR) is 94.2 cm³/mol. The fourth-order valence-electron chi connectivity index (χ4n) is 2.43. The molecule has 0 spiro atoms. The Balaban J connectivity index is 1.45. The van der Waals surface area contributed by atoms with Crippen LogP contribution in [-0.4, -0.2) is 45.0 Å². The minimum Gasteiger partial charge on any atom is -0.483 e. The van der Waals surface area contributed by atoms with Crippen molar-refractivity contribution in [1.29, 1.82) is 0 Å². The lowest BCUT2D eigenvalue weighted by atomic mass is 10.2. The monoisotopic (exact) mass is 343 g/mol. The van der Waals surface area contributed by atoms with Crippen LogP contribution in [0.4, 0.5) is 5.88 Å². The second kappa shape index (κ2) is 8.34. The molecule has 132 valence electrons. The number of carbonyl (C=O) groups is 1. The molecule has 0 radical (unpaired) electrons. The molecule has 3 rings (SSSR count). The normalized spacial score (nSPS) is 14.7. The highest BCUT2D eigenvalue weighted by Crippen LogP contribution is 2.18. The lowest BCUT2D eigenvalue weighted by Crippen LogP contribution is -2.35. The number of ether oxygens (including phenoxy) is 2. The molecule has 1 aliphatic heterocycles. The quantitative estimate of drug-likeness (QED) is 0.641. The van der Waals surface area contributed by atoms with E-state index in [2.05, 4.69) is 15.4 Å². The highest BCUT2D eigenvalue weighted by atomic mass is 16.5. The zero-order valence-corrected chi connectivity index (χ0v) is 14.1. The third kappa shape index (κ3) is 4.84. The number of hydrazone groups is 1. The van der Waals surface area contributed by atoms with Crippen molar-refractivity contribution < 1.29 is 18.7 Å². The van der Waals surface area contributed by atoms with Crippen molar-refractivity contribution in [3.63, 3.8) is 0 Å². The first-order chi connectivity index (χ1) is 12.2. The van der Waals surface area contributed by atoms with Gasteiger partial charge in [-0.1, -0.05) is 18.2 Å². The summed E-state index contributed by atoms with van der Waals surface area (Å²) in [7, 11) is 0. The molecule has 1 aliphatic rings. The first-order valence-corrected chi connectivity index (χ1v) is 8.15. The molecule has 1 aromatic carbocycles. The third-order valence-electron chi connectivity index (χ3n) is 3.77. The van der Waals surface area contributed by atoms with Crippen LogP contribution in [0.5, 0.6) is 5.75 Å². The Hall–Kier alpha value is -2.80. The highest BCUT2D eigenvalue weighted by molar-refractivity contribution is 5.81. The van der Waals surface area contributed by atoms with E-state index in [0.717, 1.165) is 24.5 Å². The van der Waals surface area contributed by atoms with Crippen molar-refractivity contribution in [2.24, 2.45) is 5.10 Å². The Morgan fingerprint density at radius 1 is 1.28 bits per heavy atom. The van der Waals surface area contributed by atoms with Crippen molar-refractivity contribution in [3.8, 4) is 5.75 Å². The van der Waals surface area contributed by atoms with Crippen molar-refractivity contribution in [2.75, 3.05) is 37.8 Å². The van der Waals surface area contributed by atoms with Crippen molar-refractivity contribution in [2.45, 2.75) is 6.92 Å². The van der Waals surface area contributed by atoms with Crippen LogP contribution in [0, 0.1) is 6.92 Å². The van der Waals surface area contributed by atoms with Gasteiger partial charge < -0.3 is 18.8 Å². The van der Waals surface area contributed by atoms with E-state index in [4.69, 9.17) is 13.9 Å². The van der Waals surface area contributed by atoms with Gasteiger partial charge in [-0.25, -0.2) is 5.43 Å². The third-order valence-corrected chi connectivity index (χ3v) is 3.77. The summed E-state index contributed by atoms with van der Waals surface area (Å²) in [5.74, 6) is 1.70. The summed E-state index contributed by atoms with van der Waals surface area (Å²) in [4.78, 5) is 13.9. The molecule has 25 heavy (non-hydrogen) atoms. The molecule has 1 saturated heterocycles. The zero-order valence-electron chi connectivity index (χ0n) is 14.1. The highest BCUT2D eigenvalue weighted by Gasteiger charge is 2.14. The van der Waals surface area contributed by atoms with Crippen LogP contribution < -0.4 is 15.1 Å². The van der Waals surface area contributed by atoms with Crippen LogP contribution in [0.15, 0.2) is 45.9 Å². The Labute approximate surface area is 146 Å². The van der Waals surface area contributed by atoms with E-state index in [0.29, 0.717) is 24.7 Å². The topological polar surface area (TPSA) is 76.3 Å². The SMILES string of the molecule is Cc1ccccc1OCC(=O)N/N=C/c1ccc(N2CCOCC2)o1. The van der Waals surface area contributed by atoms with Crippen LogP contribution in [0.3, 0.4) is 0 Å². The number of morpholine rings is 1. The summed E-state index contributed by atoms with van der Waals surface area (Å²) in [6.07, 6.45) is 1.47. The number of anilines is 1. The number of para-hydroxylation sites is 1. The number of amides is 1. The number of nitrogens with zero attached hydrogens (tertiary/aromatic N) is 2. The second-order valence-corrected chi connectivity index (χ2v) is 5.62. The Bertz CT molecular complexity index is 735.